The van der Waals surface area contributed by atoms with Gasteiger partial charge in [-0.05, 0) is 35.4 Å². The van der Waals surface area contributed by atoms with E-state index in [1.807, 2.05) is 36.6 Å². The predicted molar refractivity (Wildman–Crippen MR) is 76.8 cm³/mol. The van der Waals surface area contributed by atoms with Crippen molar-refractivity contribution in [3.63, 3.8) is 0 Å². The van der Waals surface area contributed by atoms with Gasteiger partial charge in [0.25, 0.3) is 0 Å². The number of thioether (sulfide) groups is 1. The molecule has 1 aromatic carbocycles. The molecule has 2 aromatic rings. The van der Waals surface area contributed by atoms with E-state index in [1.165, 1.54) is 11.3 Å². The van der Waals surface area contributed by atoms with Gasteiger partial charge in [-0.1, -0.05) is 12.1 Å². The van der Waals surface area contributed by atoms with Gasteiger partial charge in [0.2, 0.25) is 0 Å². The molecule has 0 spiro atoms. The number of carboxylic acids is 1. The normalized spacial score (nSPS) is 10.3. The minimum atomic E-state index is -0.861. The van der Waals surface area contributed by atoms with Crippen LogP contribution in [0.2, 0.25) is 0 Å². The van der Waals surface area contributed by atoms with Gasteiger partial charge >= 0.3 is 5.97 Å². The molecule has 1 aromatic heterocycles. The number of benzene rings is 1. The quantitative estimate of drug-likeness (QED) is 0.818. The van der Waals surface area contributed by atoms with Crippen LogP contribution in [0.3, 0.4) is 0 Å². The molecule has 0 aliphatic rings. The average Bonchev–Trinajstić information content (AvgIpc) is 2.85. The topological polar surface area (TPSA) is 49.3 Å². The van der Waals surface area contributed by atoms with E-state index >= 15 is 0 Å². The van der Waals surface area contributed by atoms with Crippen molar-refractivity contribution in [3.05, 3.63) is 46.2 Å². The SMILES string of the molecule is CSc1ccccc1NCc1ccsc1C(=O)O. The van der Waals surface area contributed by atoms with Crippen molar-refractivity contribution < 1.29 is 9.90 Å². The fraction of sp³-hybridized carbons (Fsp3) is 0.154. The van der Waals surface area contributed by atoms with Gasteiger partial charge in [0.15, 0.2) is 0 Å². The smallest absolute Gasteiger partial charge is 0.346 e. The Morgan fingerprint density at radius 3 is 2.89 bits per heavy atom. The number of carbonyl (C=O) groups is 1. The molecule has 0 fully saturated rings. The van der Waals surface area contributed by atoms with Gasteiger partial charge < -0.3 is 10.4 Å². The molecule has 0 saturated heterocycles. The lowest BCUT2D eigenvalue weighted by molar-refractivity contribution is 0.0701. The first-order valence-corrected chi connectivity index (χ1v) is 7.49. The van der Waals surface area contributed by atoms with Crippen molar-refractivity contribution in [2.75, 3.05) is 11.6 Å². The third kappa shape index (κ3) is 2.86. The minimum Gasteiger partial charge on any atom is -0.477 e. The number of para-hydroxylation sites is 1. The first kappa shape index (κ1) is 13.0. The molecule has 5 heteroatoms. The molecule has 0 saturated carbocycles. The van der Waals surface area contributed by atoms with Crippen LogP contribution in [0.1, 0.15) is 15.2 Å². The monoisotopic (exact) mass is 279 g/mol. The van der Waals surface area contributed by atoms with Gasteiger partial charge in [0.1, 0.15) is 4.88 Å². The lowest BCUT2D eigenvalue weighted by Gasteiger charge is -2.09. The van der Waals surface area contributed by atoms with Crippen LogP contribution in [0.5, 0.6) is 0 Å². The van der Waals surface area contributed by atoms with E-state index in [0.717, 1.165) is 16.1 Å². The zero-order valence-corrected chi connectivity index (χ0v) is 11.5. The van der Waals surface area contributed by atoms with Crippen LogP contribution in [0, 0.1) is 0 Å². The summed E-state index contributed by atoms with van der Waals surface area (Å²) >= 11 is 2.92. The lowest BCUT2D eigenvalue weighted by atomic mass is 10.2. The number of thiophene rings is 1. The Labute approximate surface area is 114 Å². The van der Waals surface area contributed by atoms with Crippen LogP contribution in [-0.2, 0) is 6.54 Å². The summed E-state index contributed by atoms with van der Waals surface area (Å²) in [7, 11) is 0. The molecule has 94 valence electrons. The van der Waals surface area contributed by atoms with Crippen molar-refractivity contribution in [3.8, 4) is 0 Å². The van der Waals surface area contributed by atoms with Crippen molar-refractivity contribution >= 4 is 34.8 Å². The van der Waals surface area contributed by atoms with Gasteiger partial charge in [-0.2, -0.15) is 0 Å². The van der Waals surface area contributed by atoms with Crippen molar-refractivity contribution in [1.82, 2.24) is 0 Å². The average molecular weight is 279 g/mol. The molecule has 2 N–H and O–H groups in total. The maximum Gasteiger partial charge on any atom is 0.346 e. The molecule has 1 heterocycles. The van der Waals surface area contributed by atoms with Gasteiger partial charge in [-0.15, -0.1) is 23.1 Å². The fourth-order valence-electron chi connectivity index (χ4n) is 1.64. The molecule has 0 unspecified atom stereocenters. The zero-order valence-electron chi connectivity index (χ0n) is 9.84. The van der Waals surface area contributed by atoms with E-state index in [2.05, 4.69) is 5.32 Å². The Bertz CT molecular complexity index is 551. The summed E-state index contributed by atoms with van der Waals surface area (Å²) in [5.41, 5.74) is 1.86. The summed E-state index contributed by atoms with van der Waals surface area (Å²) in [5, 5.41) is 14.1. The third-order valence-corrected chi connectivity index (χ3v) is 4.26. The third-order valence-electron chi connectivity index (χ3n) is 2.52. The molecule has 0 aliphatic carbocycles. The number of aromatic carboxylic acids is 1. The largest absolute Gasteiger partial charge is 0.477 e. The van der Waals surface area contributed by atoms with Crippen molar-refractivity contribution in [2.24, 2.45) is 0 Å². The highest BCUT2D eigenvalue weighted by atomic mass is 32.2. The van der Waals surface area contributed by atoms with Crippen LogP contribution < -0.4 is 5.32 Å². The maximum atomic E-state index is 11.0. The van der Waals surface area contributed by atoms with Crippen molar-refractivity contribution in [1.29, 1.82) is 0 Å². The molecule has 0 amide bonds. The second kappa shape index (κ2) is 5.93. The summed E-state index contributed by atoms with van der Waals surface area (Å²) < 4.78 is 0. The van der Waals surface area contributed by atoms with Gasteiger partial charge in [0.05, 0.1) is 0 Å². The highest BCUT2D eigenvalue weighted by Gasteiger charge is 2.11. The van der Waals surface area contributed by atoms with Gasteiger partial charge in [-0.25, -0.2) is 4.79 Å². The molecule has 0 atom stereocenters. The maximum absolute atomic E-state index is 11.0. The predicted octanol–water partition coefficient (Wildman–Crippen LogP) is 3.78. The fourth-order valence-corrected chi connectivity index (χ4v) is 2.98. The van der Waals surface area contributed by atoms with Crippen molar-refractivity contribution in [2.45, 2.75) is 11.4 Å². The molecular weight excluding hydrogens is 266 g/mol. The Morgan fingerprint density at radius 2 is 2.17 bits per heavy atom. The second-order valence-electron chi connectivity index (χ2n) is 3.63. The van der Waals surface area contributed by atoms with E-state index in [1.54, 1.807) is 17.1 Å². The number of hydrogen-bond donors (Lipinski definition) is 2. The highest BCUT2D eigenvalue weighted by molar-refractivity contribution is 7.98. The second-order valence-corrected chi connectivity index (χ2v) is 5.40. The van der Waals surface area contributed by atoms with Crippen LogP contribution >= 0.6 is 23.1 Å². The number of rotatable bonds is 5. The molecule has 0 radical (unpaired) electrons. The van der Waals surface area contributed by atoms with Crippen LogP contribution in [0.15, 0.2) is 40.6 Å². The van der Waals surface area contributed by atoms with E-state index in [-0.39, 0.29) is 0 Å². The summed E-state index contributed by atoms with van der Waals surface area (Å²) in [6, 6.07) is 9.85. The summed E-state index contributed by atoms with van der Waals surface area (Å²) in [6.45, 7) is 0.530. The summed E-state index contributed by atoms with van der Waals surface area (Å²) in [6.07, 6.45) is 2.02. The Balaban J connectivity index is 2.11. The van der Waals surface area contributed by atoms with Gasteiger partial charge in [0, 0.05) is 17.1 Å². The Morgan fingerprint density at radius 1 is 1.39 bits per heavy atom. The lowest BCUT2D eigenvalue weighted by Crippen LogP contribution is -2.04. The summed E-state index contributed by atoms with van der Waals surface area (Å²) in [4.78, 5) is 12.6. The first-order chi connectivity index (χ1) is 8.72. The minimum absolute atomic E-state index is 0.407. The molecule has 2 rings (SSSR count). The molecule has 0 aliphatic heterocycles. The number of anilines is 1. The molecule has 3 nitrogen and oxygen atoms in total. The first-order valence-electron chi connectivity index (χ1n) is 5.39. The van der Waals surface area contributed by atoms with E-state index in [9.17, 15) is 4.79 Å². The van der Waals surface area contributed by atoms with E-state index in [4.69, 9.17) is 5.11 Å². The number of nitrogens with one attached hydrogen (secondary N) is 1. The molecule has 0 bridgehead atoms. The van der Waals surface area contributed by atoms with E-state index < -0.39 is 5.97 Å². The number of carboxylic acid groups (broad SMARTS) is 1. The van der Waals surface area contributed by atoms with Crippen LogP contribution in [0.4, 0.5) is 5.69 Å². The Kier molecular flexibility index (Phi) is 4.28. The molecular formula is C13H13NO2S2. The summed E-state index contributed by atoms with van der Waals surface area (Å²) in [5.74, 6) is -0.861. The number of hydrogen-bond acceptors (Lipinski definition) is 4. The standard InChI is InChI=1S/C13H13NO2S2/c1-17-11-5-3-2-4-10(11)14-8-9-6-7-18-12(9)13(15)16/h2-7,14H,8H2,1H3,(H,15,16). The van der Waals surface area contributed by atoms with Crippen LogP contribution in [0.25, 0.3) is 0 Å². The van der Waals surface area contributed by atoms with E-state index in [0.29, 0.717) is 11.4 Å². The Hall–Kier alpha value is -1.46. The molecule has 18 heavy (non-hydrogen) atoms. The van der Waals surface area contributed by atoms with Crippen LogP contribution in [-0.4, -0.2) is 17.3 Å². The van der Waals surface area contributed by atoms with Gasteiger partial charge in [-0.3, -0.25) is 0 Å². The highest BCUT2D eigenvalue weighted by Crippen LogP contribution is 2.26. The zero-order chi connectivity index (χ0) is 13.0.